The standard InChI is InChI=1S/C13H15ClO5S/c1-9(2)19-13(16)8-20(17,18)11-5-3-10(4-6-11)12(15)7-14/h3-6,9H,7-8H2,1-2H3. The lowest BCUT2D eigenvalue weighted by Gasteiger charge is -2.08. The van der Waals surface area contributed by atoms with Gasteiger partial charge in [0.2, 0.25) is 0 Å². The molecule has 7 heteroatoms. The second-order valence-electron chi connectivity index (χ2n) is 4.38. The van der Waals surface area contributed by atoms with Crippen LogP contribution in [-0.2, 0) is 19.4 Å². The van der Waals surface area contributed by atoms with E-state index in [1.165, 1.54) is 24.3 Å². The Labute approximate surface area is 122 Å². The number of carbonyl (C=O) groups excluding carboxylic acids is 2. The van der Waals surface area contributed by atoms with E-state index in [4.69, 9.17) is 16.3 Å². The van der Waals surface area contributed by atoms with Crippen molar-refractivity contribution in [3.8, 4) is 0 Å². The van der Waals surface area contributed by atoms with Crippen LogP contribution in [0, 0.1) is 0 Å². The van der Waals surface area contributed by atoms with Crippen molar-refractivity contribution in [1.82, 2.24) is 0 Å². The number of alkyl halides is 1. The van der Waals surface area contributed by atoms with Gasteiger partial charge in [-0.2, -0.15) is 0 Å². The molecule has 1 aromatic rings. The molecule has 0 amide bonds. The highest BCUT2D eigenvalue weighted by Crippen LogP contribution is 2.14. The second kappa shape index (κ2) is 6.85. The molecule has 0 aromatic heterocycles. The van der Waals surface area contributed by atoms with Crippen LogP contribution in [0.3, 0.4) is 0 Å². The molecule has 5 nitrogen and oxygen atoms in total. The SMILES string of the molecule is CC(C)OC(=O)CS(=O)(=O)c1ccc(C(=O)CCl)cc1. The Kier molecular flexibility index (Phi) is 5.71. The number of carbonyl (C=O) groups is 2. The number of rotatable bonds is 6. The van der Waals surface area contributed by atoms with Gasteiger partial charge in [0.1, 0.15) is 0 Å². The van der Waals surface area contributed by atoms with Crippen molar-refractivity contribution in [2.45, 2.75) is 24.8 Å². The van der Waals surface area contributed by atoms with E-state index in [2.05, 4.69) is 0 Å². The normalized spacial score (nSPS) is 11.4. The highest BCUT2D eigenvalue weighted by Gasteiger charge is 2.21. The van der Waals surface area contributed by atoms with E-state index in [-0.39, 0.29) is 22.7 Å². The topological polar surface area (TPSA) is 77.5 Å². The van der Waals surface area contributed by atoms with Crippen LogP contribution in [0.25, 0.3) is 0 Å². The van der Waals surface area contributed by atoms with Crippen molar-refractivity contribution in [3.05, 3.63) is 29.8 Å². The summed E-state index contributed by atoms with van der Waals surface area (Å²) in [6.07, 6.45) is -0.374. The molecule has 0 atom stereocenters. The number of hydrogen-bond acceptors (Lipinski definition) is 5. The molecular formula is C13H15ClO5S. The summed E-state index contributed by atoms with van der Waals surface area (Å²) in [5, 5.41) is 0. The van der Waals surface area contributed by atoms with Gasteiger partial charge in [-0.1, -0.05) is 12.1 Å². The maximum Gasteiger partial charge on any atom is 0.321 e. The van der Waals surface area contributed by atoms with Crippen molar-refractivity contribution in [3.63, 3.8) is 0 Å². The molecule has 0 fully saturated rings. The van der Waals surface area contributed by atoms with Crippen LogP contribution in [0.4, 0.5) is 0 Å². The van der Waals surface area contributed by atoms with Gasteiger partial charge in [-0.15, -0.1) is 11.6 Å². The second-order valence-corrected chi connectivity index (χ2v) is 6.64. The van der Waals surface area contributed by atoms with E-state index in [0.717, 1.165) is 0 Å². The van der Waals surface area contributed by atoms with Crippen molar-refractivity contribution >= 4 is 33.2 Å². The predicted octanol–water partition coefficient (Wildman–Crippen LogP) is 1.83. The van der Waals surface area contributed by atoms with Crippen molar-refractivity contribution in [1.29, 1.82) is 0 Å². The van der Waals surface area contributed by atoms with E-state index >= 15 is 0 Å². The first-order chi connectivity index (χ1) is 9.26. The Morgan fingerprint density at radius 1 is 1.20 bits per heavy atom. The number of esters is 1. The number of ether oxygens (including phenoxy) is 1. The van der Waals surface area contributed by atoms with Gasteiger partial charge in [0, 0.05) is 5.56 Å². The molecule has 20 heavy (non-hydrogen) atoms. The Bertz CT molecular complexity index is 590. The number of benzene rings is 1. The van der Waals surface area contributed by atoms with Gasteiger partial charge in [-0.3, -0.25) is 9.59 Å². The van der Waals surface area contributed by atoms with Gasteiger partial charge in [-0.25, -0.2) is 8.42 Å². The first-order valence-electron chi connectivity index (χ1n) is 5.87. The Morgan fingerprint density at radius 3 is 2.20 bits per heavy atom. The predicted molar refractivity (Wildman–Crippen MR) is 74.8 cm³/mol. The Balaban J connectivity index is 2.88. The maximum atomic E-state index is 12.0. The first kappa shape index (κ1) is 16.7. The lowest BCUT2D eigenvalue weighted by atomic mass is 10.1. The minimum Gasteiger partial charge on any atom is -0.462 e. The van der Waals surface area contributed by atoms with Gasteiger partial charge in [0.05, 0.1) is 16.9 Å². The summed E-state index contributed by atoms with van der Waals surface area (Å²) in [5.74, 6) is -2.00. The fourth-order valence-corrected chi connectivity index (χ4v) is 2.71. The minimum atomic E-state index is -3.77. The zero-order valence-electron chi connectivity index (χ0n) is 11.1. The molecule has 0 spiro atoms. The molecule has 1 rings (SSSR count). The van der Waals surface area contributed by atoms with Crippen LogP contribution in [0.2, 0.25) is 0 Å². The van der Waals surface area contributed by atoms with Crippen molar-refractivity contribution in [2.75, 3.05) is 11.6 Å². The fourth-order valence-electron chi connectivity index (χ4n) is 1.46. The van der Waals surface area contributed by atoms with E-state index in [1.54, 1.807) is 13.8 Å². The molecule has 110 valence electrons. The van der Waals surface area contributed by atoms with Crippen LogP contribution in [0.15, 0.2) is 29.2 Å². The Hall–Kier alpha value is -1.40. The van der Waals surface area contributed by atoms with Gasteiger partial charge in [-0.05, 0) is 26.0 Å². The highest BCUT2D eigenvalue weighted by molar-refractivity contribution is 7.92. The van der Waals surface area contributed by atoms with Crippen molar-refractivity contribution < 1.29 is 22.7 Å². The summed E-state index contributed by atoms with van der Waals surface area (Å²) in [7, 11) is -3.77. The molecular weight excluding hydrogens is 304 g/mol. The lowest BCUT2D eigenvalue weighted by molar-refractivity contribution is -0.144. The number of Topliss-reactive ketones (excluding diaryl/α,β-unsaturated/α-hetero) is 1. The van der Waals surface area contributed by atoms with E-state index in [0.29, 0.717) is 5.56 Å². The summed E-state index contributed by atoms with van der Waals surface area (Å²) in [6, 6.07) is 5.28. The third kappa shape index (κ3) is 4.61. The van der Waals surface area contributed by atoms with E-state index in [9.17, 15) is 18.0 Å². The summed E-state index contributed by atoms with van der Waals surface area (Å²) in [5.41, 5.74) is 0.323. The third-order valence-corrected chi connectivity index (χ3v) is 4.18. The molecule has 0 N–H and O–H groups in total. The van der Waals surface area contributed by atoms with Gasteiger partial charge < -0.3 is 4.74 Å². The molecule has 0 radical (unpaired) electrons. The lowest BCUT2D eigenvalue weighted by Crippen LogP contribution is -2.21. The molecule has 0 heterocycles. The average Bonchev–Trinajstić information content (AvgIpc) is 2.36. The smallest absolute Gasteiger partial charge is 0.321 e. The highest BCUT2D eigenvalue weighted by atomic mass is 35.5. The van der Waals surface area contributed by atoms with E-state index < -0.39 is 21.6 Å². The van der Waals surface area contributed by atoms with Crippen LogP contribution in [-0.4, -0.2) is 37.9 Å². The maximum absolute atomic E-state index is 12.0. The number of halogens is 1. The minimum absolute atomic E-state index is 0.0377. The number of sulfone groups is 1. The monoisotopic (exact) mass is 318 g/mol. The number of hydrogen-bond donors (Lipinski definition) is 0. The summed E-state index contributed by atoms with van der Waals surface area (Å²) >= 11 is 5.40. The molecule has 0 aliphatic rings. The third-order valence-electron chi connectivity index (χ3n) is 2.33. The van der Waals surface area contributed by atoms with Gasteiger partial charge in [0.25, 0.3) is 0 Å². The quantitative estimate of drug-likeness (QED) is 0.454. The molecule has 0 saturated carbocycles. The zero-order chi connectivity index (χ0) is 15.3. The molecule has 0 aliphatic heterocycles. The Morgan fingerprint density at radius 2 is 1.75 bits per heavy atom. The average molecular weight is 319 g/mol. The number of ketones is 1. The fraction of sp³-hybridized carbons (Fsp3) is 0.385. The molecule has 0 aliphatic carbocycles. The summed E-state index contributed by atoms with van der Waals surface area (Å²) in [6.45, 7) is 3.27. The summed E-state index contributed by atoms with van der Waals surface area (Å²) in [4.78, 5) is 22.7. The van der Waals surface area contributed by atoms with Crippen LogP contribution >= 0.6 is 11.6 Å². The molecule has 0 unspecified atom stereocenters. The van der Waals surface area contributed by atoms with Crippen LogP contribution < -0.4 is 0 Å². The molecule has 0 bridgehead atoms. The molecule has 0 saturated heterocycles. The van der Waals surface area contributed by atoms with Crippen molar-refractivity contribution in [2.24, 2.45) is 0 Å². The largest absolute Gasteiger partial charge is 0.462 e. The van der Waals surface area contributed by atoms with E-state index in [1.807, 2.05) is 0 Å². The first-order valence-corrected chi connectivity index (χ1v) is 8.06. The zero-order valence-corrected chi connectivity index (χ0v) is 12.7. The summed E-state index contributed by atoms with van der Waals surface area (Å²) < 4.78 is 28.7. The molecule has 1 aromatic carbocycles. The van der Waals surface area contributed by atoms with Crippen LogP contribution in [0.5, 0.6) is 0 Å². The van der Waals surface area contributed by atoms with Crippen LogP contribution in [0.1, 0.15) is 24.2 Å². The van der Waals surface area contributed by atoms with Gasteiger partial charge >= 0.3 is 5.97 Å². The van der Waals surface area contributed by atoms with Gasteiger partial charge in [0.15, 0.2) is 21.4 Å².